The summed E-state index contributed by atoms with van der Waals surface area (Å²) >= 11 is 0. The Bertz CT molecular complexity index is 385. The topological polar surface area (TPSA) is 50.3 Å². The number of hydrogen-bond donors (Lipinski definition) is 1. The molecule has 0 bridgehead atoms. The number of ether oxygens (including phenoxy) is 1. The molecule has 0 unspecified atom stereocenters. The zero-order valence-corrected chi connectivity index (χ0v) is 12.9. The maximum absolute atomic E-state index is 5.19. The van der Waals surface area contributed by atoms with Gasteiger partial charge >= 0.3 is 0 Å². The summed E-state index contributed by atoms with van der Waals surface area (Å²) in [6.45, 7) is 12.7. The van der Waals surface area contributed by atoms with Crippen LogP contribution in [-0.4, -0.2) is 47.2 Å². The molecule has 0 spiro atoms. The van der Waals surface area contributed by atoms with Crippen LogP contribution in [0.5, 0.6) is 5.88 Å². The highest BCUT2D eigenvalue weighted by molar-refractivity contribution is 5.47. The van der Waals surface area contributed by atoms with E-state index in [4.69, 9.17) is 4.74 Å². The van der Waals surface area contributed by atoms with Crippen LogP contribution in [0, 0.1) is 6.92 Å². The van der Waals surface area contributed by atoms with Crippen LogP contribution in [0.4, 0.5) is 5.82 Å². The van der Waals surface area contributed by atoms with E-state index in [2.05, 4.69) is 47.9 Å². The van der Waals surface area contributed by atoms with Crippen molar-refractivity contribution < 1.29 is 4.74 Å². The summed E-state index contributed by atoms with van der Waals surface area (Å²) in [5.41, 5.74) is 0.950. The monoisotopic (exact) mass is 266 g/mol. The first-order valence-corrected chi connectivity index (χ1v) is 6.82. The Balaban J connectivity index is 2.58. The molecule has 1 rings (SSSR count). The molecule has 0 aliphatic rings. The number of methoxy groups -OCH3 is 1. The Labute approximate surface area is 116 Å². The first-order valence-electron chi connectivity index (χ1n) is 6.82. The van der Waals surface area contributed by atoms with Gasteiger partial charge in [-0.1, -0.05) is 0 Å². The van der Waals surface area contributed by atoms with Gasteiger partial charge in [0.2, 0.25) is 5.88 Å². The SMILES string of the molecule is COc1ncnc(NCCN(C(C)C)C(C)C)c1C. The van der Waals surface area contributed by atoms with Gasteiger partial charge in [0.15, 0.2) is 0 Å². The summed E-state index contributed by atoms with van der Waals surface area (Å²) in [5, 5.41) is 3.36. The van der Waals surface area contributed by atoms with Crippen LogP contribution >= 0.6 is 0 Å². The standard InChI is InChI=1S/C14H26N4O/c1-10(2)18(11(3)4)8-7-15-13-12(5)14(19-6)17-9-16-13/h9-11H,7-8H2,1-6H3,(H,15,16,17). The summed E-state index contributed by atoms with van der Waals surface area (Å²) in [4.78, 5) is 10.8. The predicted molar refractivity (Wildman–Crippen MR) is 78.8 cm³/mol. The summed E-state index contributed by atoms with van der Waals surface area (Å²) in [6, 6.07) is 1.09. The van der Waals surface area contributed by atoms with Crippen molar-refractivity contribution in [2.75, 3.05) is 25.5 Å². The highest BCUT2D eigenvalue weighted by atomic mass is 16.5. The van der Waals surface area contributed by atoms with Crippen LogP contribution in [0.2, 0.25) is 0 Å². The van der Waals surface area contributed by atoms with Crippen LogP contribution < -0.4 is 10.1 Å². The van der Waals surface area contributed by atoms with E-state index in [1.807, 2.05) is 6.92 Å². The van der Waals surface area contributed by atoms with E-state index in [9.17, 15) is 0 Å². The molecular weight excluding hydrogens is 240 g/mol. The van der Waals surface area contributed by atoms with Crippen molar-refractivity contribution in [3.8, 4) is 5.88 Å². The van der Waals surface area contributed by atoms with E-state index in [1.165, 1.54) is 6.33 Å². The first-order chi connectivity index (χ1) is 8.97. The lowest BCUT2D eigenvalue weighted by Crippen LogP contribution is -2.40. The normalized spacial score (nSPS) is 11.4. The summed E-state index contributed by atoms with van der Waals surface area (Å²) in [5.74, 6) is 1.47. The molecule has 0 saturated heterocycles. The Morgan fingerprint density at radius 3 is 2.37 bits per heavy atom. The lowest BCUT2D eigenvalue weighted by molar-refractivity contribution is 0.182. The zero-order valence-electron chi connectivity index (χ0n) is 12.9. The van der Waals surface area contributed by atoms with Gasteiger partial charge in [-0.25, -0.2) is 9.97 Å². The average Bonchev–Trinajstić information content (AvgIpc) is 2.35. The molecule has 5 nitrogen and oxygen atoms in total. The summed E-state index contributed by atoms with van der Waals surface area (Å²) < 4.78 is 5.19. The zero-order chi connectivity index (χ0) is 14.4. The van der Waals surface area contributed by atoms with Crippen molar-refractivity contribution in [3.05, 3.63) is 11.9 Å². The molecule has 0 radical (unpaired) electrons. The van der Waals surface area contributed by atoms with Crippen molar-refractivity contribution in [1.29, 1.82) is 0 Å². The molecule has 0 aliphatic heterocycles. The molecule has 108 valence electrons. The average molecular weight is 266 g/mol. The van der Waals surface area contributed by atoms with Crippen LogP contribution in [0.15, 0.2) is 6.33 Å². The van der Waals surface area contributed by atoms with E-state index >= 15 is 0 Å². The molecule has 0 aliphatic carbocycles. The Kier molecular flexibility index (Phi) is 6.02. The second kappa shape index (κ2) is 7.28. The van der Waals surface area contributed by atoms with Crippen molar-refractivity contribution in [1.82, 2.24) is 14.9 Å². The fourth-order valence-electron chi connectivity index (χ4n) is 2.23. The molecule has 1 aromatic rings. The number of nitrogens with zero attached hydrogens (tertiary/aromatic N) is 3. The number of anilines is 1. The maximum Gasteiger partial charge on any atom is 0.221 e. The number of hydrogen-bond acceptors (Lipinski definition) is 5. The maximum atomic E-state index is 5.19. The first kappa shape index (κ1) is 15.7. The fraction of sp³-hybridized carbons (Fsp3) is 0.714. The lowest BCUT2D eigenvalue weighted by Gasteiger charge is -2.30. The Morgan fingerprint density at radius 1 is 1.21 bits per heavy atom. The minimum Gasteiger partial charge on any atom is -0.481 e. The predicted octanol–water partition coefficient (Wildman–Crippen LogP) is 2.32. The van der Waals surface area contributed by atoms with E-state index in [0.29, 0.717) is 18.0 Å². The number of nitrogens with one attached hydrogen (secondary N) is 1. The molecule has 1 N–H and O–H groups in total. The summed E-state index contributed by atoms with van der Waals surface area (Å²) in [6.07, 6.45) is 1.52. The van der Waals surface area contributed by atoms with E-state index < -0.39 is 0 Å². The minimum atomic E-state index is 0.544. The third-order valence-corrected chi connectivity index (χ3v) is 3.22. The van der Waals surface area contributed by atoms with Crippen LogP contribution in [0.25, 0.3) is 0 Å². The molecule has 0 fully saturated rings. The molecule has 1 aromatic heterocycles. The van der Waals surface area contributed by atoms with Crippen LogP contribution in [-0.2, 0) is 0 Å². The quantitative estimate of drug-likeness (QED) is 0.821. The minimum absolute atomic E-state index is 0.544. The van der Waals surface area contributed by atoms with Gasteiger partial charge in [-0.3, -0.25) is 4.90 Å². The van der Waals surface area contributed by atoms with Crippen molar-refractivity contribution in [3.63, 3.8) is 0 Å². The van der Waals surface area contributed by atoms with Gasteiger partial charge in [-0.2, -0.15) is 0 Å². The molecule has 0 atom stereocenters. The van der Waals surface area contributed by atoms with E-state index in [1.54, 1.807) is 7.11 Å². The largest absolute Gasteiger partial charge is 0.481 e. The number of rotatable bonds is 7. The molecule has 0 amide bonds. The molecule has 19 heavy (non-hydrogen) atoms. The van der Waals surface area contributed by atoms with Gasteiger partial charge in [-0.05, 0) is 34.6 Å². The van der Waals surface area contributed by atoms with Crippen LogP contribution in [0.1, 0.15) is 33.3 Å². The van der Waals surface area contributed by atoms with Crippen LogP contribution in [0.3, 0.4) is 0 Å². The van der Waals surface area contributed by atoms with Crippen molar-refractivity contribution >= 4 is 5.82 Å². The second-order valence-electron chi connectivity index (χ2n) is 5.21. The van der Waals surface area contributed by atoms with Crippen molar-refractivity contribution in [2.45, 2.75) is 46.7 Å². The number of aromatic nitrogens is 2. The molecule has 5 heteroatoms. The van der Waals surface area contributed by atoms with Crippen molar-refractivity contribution in [2.24, 2.45) is 0 Å². The molecule has 0 saturated carbocycles. The third-order valence-electron chi connectivity index (χ3n) is 3.22. The van der Waals surface area contributed by atoms with Gasteiger partial charge in [0.25, 0.3) is 0 Å². The second-order valence-corrected chi connectivity index (χ2v) is 5.21. The van der Waals surface area contributed by atoms with Gasteiger partial charge in [0.1, 0.15) is 12.1 Å². The molecule has 1 heterocycles. The smallest absolute Gasteiger partial charge is 0.221 e. The Morgan fingerprint density at radius 2 is 1.84 bits per heavy atom. The highest BCUT2D eigenvalue weighted by Gasteiger charge is 2.13. The van der Waals surface area contributed by atoms with Gasteiger partial charge in [0, 0.05) is 25.2 Å². The van der Waals surface area contributed by atoms with E-state index in [0.717, 1.165) is 24.5 Å². The fourth-order valence-corrected chi connectivity index (χ4v) is 2.23. The lowest BCUT2D eigenvalue weighted by atomic mass is 10.2. The highest BCUT2D eigenvalue weighted by Crippen LogP contribution is 2.19. The third kappa shape index (κ3) is 4.35. The van der Waals surface area contributed by atoms with Gasteiger partial charge in [-0.15, -0.1) is 0 Å². The van der Waals surface area contributed by atoms with E-state index in [-0.39, 0.29) is 0 Å². The summed E-state index contributed by atoms with van der Waals surface area (Å²) in [7, 11) is 1.62. The molecular formula is C14H26N4O. The van der Waals surface area contributed by atoms with Gasteiger partial charge in [0.05, 0.1) is 12.7 Å². The van der Waals surface area contributed by atoms with Gasteiger partial charge < -0.3 is 10.1 Å². The molecule has 0 aromatic carbocycles. The Hall–Kier alpha value is -1.36.